The molecular formula is C20H21N2O5. The molecule has 1 fully saturated rings. The fourth-order valence-electron chi connectivity index (χ4n) is 3.15. The van der Waals surface area contributed by atoms with Gasteiger partial charge in [-0.1, -0.05) is 36.9 Å². The lowest BCUT2D eigenvalue weighted by atomic mass is 9.85. The molecule has 0 bridgehead atoms. The molecule has 2 aliphatic heterocycles. The lowest BCUT2D eigenvalue weighted by Crippen LogP contribution is -2.71. The average molecular weight is 369 g/mol. The average Bonchev–Trinajstić information content (AvgIpc) is 2.69. The summed E-state index contributed by atoms with van der Waals surface area (Å²) in [6.07, 6.45) is 3.89. The summed E-state index contributed by atoms with van der Waals surface area (Å²) in [5, 5.41) is 14.9. The molecular weight excluding hydrogens is 348 g/mol. The third kappa shape index (κ3) is 3.81. The predicted octanol–water partition coefficient (Wildman–Crippen LogP) is 1.91. The van der Waals surface area contributed by atoms with Crippen molar-refractivity contribution in [2.75, 3.05) is 13.2 Å². The van der Waals surface area contributed by atoms with Crippen molar-refractivity contribution >= 4 is 11.8 Å². The summed E-state index contributed by atoms with van der Waals surface area (Å²) in [6.45, 7) is 5.14. The number of nitrogens with zero attached hydrogens (tertiary/aromatic N) is 1. The van der Waals surface area contributed by atoms with Crippen LogP contribution in [0.15, 0.2) is 66.3 Å². The standard InChI is InChI=1S/C20H21N2O5/c1-3-11-26-20(25)18-13(2)9-10-15-17(19(24)22(15)18)21-16(23)12-27-14-7-5-4-6-8-14/h3-9,15,17H,1,10-12H2,2H3,(H,21,23)/t15?,17-/m0/s1. The van der Waals surface area contributed by atoms with Crippen molar-refractivity contribution < 1.29 is 24.2 Å². The Morgan fingerprint density at radius 2 is 2.11 bits per heavy atom. The maximum absolute atomic E-state index is 12.5. The van der Waals surface area contributed by atoms with Gasteiger partial charge in [-0.05, 0) is 31.1 Å². The second-order valence-electron chi connectivity index (χ2n) is 6.28. The van der Waals surface area contributed by atoms with Gasteiger partial charge in [0, 0.05) is 0 Å². The first-order valence-electron chi connectivity index (χ1n) is 8.65. The van der Waals surface area contributed by atoms with E-state index in [0.29, 0.717) is 17.7 Å². The van der Waals surface area contributed by atoms with Gasteiger partial charge in [-0.15, -0.1) is 0 Å². The maximum Gasteiger partial charge on any atom is 0.355 e. The second-order valence-corrected chi connectivity index (χ2v) is 6.28. The first kappa shape index (κ1) is 18.6. The van der Waals surface area contributed by atoms with Crippen LogP contribution in [0.5, 0.6) is 5.75 Å². The van der Waals surface area contributed by atoms with Gasteiger partial charge in [-0.3, -0.25) is 14.5 Å². The largest absolute Gasteiger partial charge is 0.484 e. The number of nitrogens with one attached hydrogen (secondary N) is 1. The Morgan fingerprint density at radius 1 is 1.37 bits per heavy atom. The number of carbonyl (C=O) groups is 2. The summed E-state index contributed by atoms with van der Waals surface area (Å²) in [7, 11) is 0. The summed E-state index contributed by atoms with van der Waals surface area (Å²) < 4.78 is 10.5. The molecule has 2 atom stereocenters. The molecule has 1 unspecified atom stereocenters. The molecule has 2 amide bonds. The summed E-state index contributed by atoms with van der Waals surface area (Å²) in [6, 6.07) is 7.97. The molecule has 7 heteroatoms. The molecule has 1 N–H and O–H groups in total. The molecule has 2 heterocycles. The Kier molecular flexibility index (Phi) is 5.49. The van der Waals surface area contributed by atoms with Gasteiger partial charge in [-0.2, -0.15) is 0 Å². The van der Waals surface area contributed by atoms with Gasteiger partial charge in [0.15, 0.2) is 6.61 Å². The number of hydrogen-bond acceptors (Lipinski definition) is 4. The fraction of sp³-hybridized carbons (Fsp3) is 0.300. The van der Waals surface area contributed by atoms with Crippen LogP contribution in [0.2, 0.25) is 0 Å². The minimum absolute atomic E-state index is 0.0687. The number of hydrogen-bond donors (Lipinski definition) is 1. The third-order valence-corrected chi connectivity index (χ3v) is 4.46. The van der Waals surface area contributed by atoms with Crippen molar-refractivity contribution in [2.24, 2.45) is 0 Å². The predicted molar refractivity (Wildman–Crippen MR) is 96.7 cm³/mol. The van der Waals surface area contributed by atoms with Crippen LogP contribution in [0.25, 0.3) is 0 Å². The molecule has 3 rings (SSSR count). The van der Waals surface area contributed by atoms with Crippen LogP contribution in [-0.4, -0.2) is 42.0 Å². The van der Waals surface area contributed by atoms with Gasteiger partial charge >= 0.3 is 5.95 Å². The van der Waals surface area contributed by atoms with Crippen LogP contribution in [-0.2, 0) is 19.4 Å². The number of β-lactam (4-membered cyclic amide) rings is 1. The van der Waals surface area contributed by atoms with Crippen molar-refractivity contribution in [3.8, 4) is 5.75 Å². The van der Waals surface area contributed by atoms with Crippen molar-refractivity contribution in [2.45, 2.75) is 25.4 Å². The van der Waals surface area contributed by atoms with E-state index in [0.717, 1.165) is 0 Å². The normalized spacial score (nSPS) is 22.8. The zero-order valence-corrected chi connectivity index (χ0v) is 15.0. The molecule has 7 nitrogen and oxygen atoms in total. The molecule has 141 valence electrons. The Bertz CT molecular complexity index is 800. The van der Waals surface area contributed by atoms with Crippen LogP contribution in [0, 0.1) is 0 Å². The van der Waals surface area contributed by atoms with Crippen molar-refractivity contribution in [3.63, 3.8) is 0 Å². The Balaban J connectivity index is 1.63. The summed E-state index contributed by atoms with van der Waals surface area (Å²) in [5.74, 6) is -0.713. The quantitative estimate of drug-likeness (QED) is 0.452. The minimum Gasteiger partial charge on any atom is -0.484 e. The van der Waals surface area contributed by atoms with Crippen LogP contribution in [0.1, 0.15) is 13.3 Å². The van der Waals surface area contributed by atoms with E-state index in [1.54, 1.807) is 31.2 Å². The number of fused-ring (bicyclic) bond motifs is 1. The van der Waals surface area contributed by atoms with E-state index in [4.69, 9.17) is 9.47 Å². The van der Waals surface area contributed by atoms with E-state index in [-0.39, 0.29) is 36.8 Å². The highest BCUT2D eigenvalue weighted by Crippen LogP contribution is 2.37. The Labute approximate surface area is 157 Å². The Morgan fingerprint density at radius 3 is 2.81 bits per heavy atom. The lowest BCUT2D eigenvalue weighted by Gasteiger charge is -2.49. The molecule has 2 aliphatic rings. The molecule has 1 aromatic rings. The molecule has 0 aromatic heterocycles. The van der Waals surface area contributed by atoms with Gasteiger partial charge in [0.2, 0.25) is 0 Å². The third-order valence-electron chi connectivity index (χ3n) is 4.46. The van der Waals surface area contributed by atoms with E-state index in [1.807, 2.05) is 12.1 Å². The Hall–Kier alpha value is -3.22. The van der Waals surface area contributed by atoms with Crippen molar-refractivity contribution in [3.05, 3.63) is 66.3 Å². The van der Waals surface area contributed by atoms with E-state index in [9.17, 15) is 14.7 Å². The summed E-state index contributed by atoms with van der Waals surface area (Å²) >= 11 is 0. The molecule has 0 saturated carbocycles. The number of para-hydroxylation sites is 1. The SMILES string of the molecule is C=CCOC([O])=C1C(C)=CCC2[C@H](NC(=O)COc3ccccc3)C(=O)N12. The molecule has 0 aliphatic carbocycles. The zero-order chi connectivity index (χ0) is 19.4. The zero-order valence-electron chi connectivity index (χ0n) is 15.0. The number of allylic oxidation sites excluding steroid dienone is 1. The van der Waals surface area contributed by atoms with Crippen LogP contribution in [0.3, 0.4) is 0 Å². The highest BCUT2D eigenvalue weighted by molar-refractivity contribution is 5.96. The van der Waals surface area contributed by atoms with Gasteiger partial charge in [0.1, 0.15) is 24.1 Å². The highest BCUT2D eigenvalue weighted by atomic mass is 16.6. The smallest absolute Gasteiger partial charge is 0.355 e. The molecule has 0 spiro atoms. The van der Waals surface area contributed by atoms with Gasteiger partial charge in [-0.25, -0.2) is 5.11 Å². The topological polar surface area (TPSA) is 87.8 Å². The molecule has 27 heavy (non-hydrogen) atoms. The second kappa shape index (κ2) is 7.99. The van der Waals surface area contributed by atoms with E-state index in [2.05, 4.69) is 11.9 Å². The monoisotopic (exact) mass is 369 g/mol. The highest BCUT2D eigenvalue weighted by Gasteiger charge is 2.52. The lowest BCUT2D eigenvalue weighted by molar-refractivity contribution is -0.151. The van der Waals surface area contributed by atoms with Gasteiger partial charge in [0.05, 0.1) is 6.04 Å². The number of benzene rings is 1. The van der Waals surface area contributed by atoms with E-state index < -0.39 is 12.0 Å². The van der Waals surface area contributed by atoms with Crippen LogP contribution < -0.4 is 10.1 Å². The fourth-order valence-corrected chi connectivity index (χ4v) is 3.15. The first-order chi connectivity index (χ1) is 13.0. The van der Waals surface area contributed by atoms with Crippen molar-refractivity contribution in [1.82, 2.24) is 10.2 Å². The van der Waals surface area contributed by atoms with E-state index >= 15 is 0 Å². The maximum atomic E-state index is 12.5. The van der Waals surface area contributed by atoms with Crippen LogP contribution in [0.4, 0.5) is 0 Å². The number of ether oxygens (including phenoxy) is 2. The van der Waals surface area contributed by atoms with Crippen molar-refractivity contribution in [1.29, 1.82) is 0 Å². The number of carbonyl (C=O) groups excluding carboxylic acids is 2. The molecule has 1 aromatic carbocycles. The number of rotatable bonds is 7. The minimum atomic E-state index is -0.677. The van der Waals surface area contributed by atoms with Crippen LogP contribution >= 0.6 is 0 Å². The molecule has 1 radical (unpaired) electrons. The van der Waals surface area contributed by atoms with Gasteiger partial charge < -0.3 is 14.8 Å². The summed E-state index contributed by atoms with van der Waals surface area (Å²) in [4.78, 5) is 26.1. The first-order valence-corrected chi connectivity index (χ1v) is 8.65. The molecule has 1 saturated heterocycles. The van der Waals surface area contributed by atoms with E-state index in [1.165, 1.54) is 11.0 Å². The summed E-state index contributed by atoms with van der Waals surface area (Å²) in [5.41, 5.74) is 0.912. The van der Waals surface area contributed by atoms with Gasteiger partial charge in [0.25, 0.3) is 11.8 Å². The number of amides is 2.